The third-order valence-corrected chi connectivity index (χ3v) is 0.425. The van der Waals surface area contributed by atoms with E-state index in [0.29, 0.717) is 0 Å². The molecular weight excluding hydrogens is 144 g/mol. The number of hydrogen-bond acceptors (Lipinski definition) is 3. The summed E-state index contributed by atoms with van der Waals surface area (Å²) in [4.78, 5) is 0. The second-order valence-electron chi connectivity index (χ2n) is 1.11. The highest BCUT2D eigenvalue weighted by atomic mass is 16.3. The maximum Gasteiger partial charge on any atom is 0.0902 e. The molecule has 0 bridgehead atoms. The molecule has 0 spiro atoms. The Morgan fingerprint density at radius 3 is 1.55 bits per heavy atom. The molecule has 0 saturated heterocycles. The molecule has 1 rings (SSSR count). The number of furan rings is 1. The lowest BCUT2D eigenvalue weighted by Gasteiger charge is -1.52. The molecule has 68 valence electrons. The minimum atomic E-state index is 0. The van der Waals surface area contributed by atoms with Crippen LogP contribution in [0.15, 0.2) is 29.1 Å². The van der Waals surface area contributed by atoms with Crippen molar-refractivity contribution in [3.63, 3.8) is 0 Å². The monoisotopic (exact) mass is 162 g/mol. The van der Waals surface area contributed by atoms with E-state index in [1.807, 2.05) is 12.1 Å². The summed E-state index contributed by atoms with van der Waals surface area (Å²) in [6.45, 7) is 1.93. The summed E-state index contributed by atoms with van der Waals surface area (Å²) in [5, 5.41) is 14.6. The zero-order valence-electron chi connectivity index (χ0n) is 6.32. The Kier molecular flexibility index (Phi) is 34.6. The van der Waals surface area contributed by atoms with Gasteiger partial charge in [-0.25, -0.2) is 0 Å². The van der Waals surface area contributed by atoms with Gasteiger partial charge >= 0.3 is 0 Å². The van der Waals surface area contributed by atoms with E-state index < -0.39 is 0 Å². The quantitative estimate of drug-likeness (QED) is 0.608. The lowest BCUT2D eigenvalue weighted by molar-refractivity contribution is 0.318. The Labute approximate surface area is 68.3 Å². The van der Waals surface area contributed by atoms with Gasteiger partial charge in [0, 0.05) is 13.7 Å². The van der Waals surface area contributed by atoms with Crippen molar-refractivity contribution in [2.24, 2.45) is 0 Å². The maximum absolute atomic E-state index is 7.57. The van der Waals surface area contributed by atoms with E-state index in [4.69, 9.17) is 10.2 Å². The van der Waals surface area contributed by atoms with Crippen LogP contribution in [0.3, 0.4) is 0 Å². The van der Waals surface area contributed by atoms with Gasteiger partial charge in [0.2, 0.25) is 0 Å². The fourth-order valence-electron chi connectivity index (χ4n) is 0.227. The van der Waals surface area contributed by atoms with Gasteiger partial charge in [-0.15, -0.1) is 0 Å². The van der Waals surface area contributed by atoms with Crippen LogP contribution in [0.1, 0.15) is 14.4 Å². The smallest absolute Gasteiger partial charge is 0.0902 e. The highest BCUT2D eigenvalue weighted by molar-refractivity contribution is 4.79. The second-order valence-corrected chi connectivity index (χ2v) is 1.11. The molecule has 1 heterocycles. The Morgan fingerprint density at radius 1 is 1.18 bits per heavy atom. The van der Waals surface area contributed by atoms with E-state index in [1.165, 1.54) is 0 Å². The molecular formula is C8H18O3. The zero-order valence-corrected chi connectivity index (χ0v) is 6.32. The summed E-state index contributed by atoms with van der Waals surface area (Å²) >= 11 is 0. The van der Waals surface area contributed by atoms with Crippen molar-refractivity contribution in [3.05, 3.63) is 24.7 Å². The van der Waals surface area contributed by atoms with Gasteiger partial charge in [0.1, 0.15) is 0 Å². The largest absolute Gasteiger partial charge is 0.473 e. The standard InChI is InChI=1S/C4H4O.C2H6O.CH4O.CH4/c1-2-4-5-3-1;1-2-3;1-2;/h1-4H;3H,2H2,1H3;2H,1H3;1H4. The van der Waals surface area contributed by atoms with Gasteiger partial charge in [-0.05, 0) is 19.1 Å². The third-order valence-electron chi connectivity index (χ3n) is 0.425. The predicted octanol–water partition coefficient (Wildman–Crippen LogP) is 1.52. The van der Waals surface area contributed by atoms with Crippen molar-refractivity contribution in [3.8, 4) is 0 Å². The van der Waals surface area contributed by atoms with Crippen LogP contribution in [0.5, 0.6) is 0 Å². The van der Waals surface area contributed by atoms with E-state index in [1.54, 1.807) is 19.5 Å². The molecule has 1 aromatic rings. The minimum absolute atomic E-state index is 0. The van der Waals surface area contributed by atoms with E-state index in [9.17, 15) is 0 Å². The Balaban J connectivity index is -0.0000000956. The summed E-state index contributed by atoms with van der Waals surface area (Å²) in [5.74, 6) is 0. The van der Waals surface area contributed by atoms with Crippen molar-refractivity contribution in [1.82, 2.24) is 0 Å². The molecule has 0 aliphatic carbocycles. The zero-order chi connectivity index (χ0) is 8.24. The molecule has 0 saturated carbocycles. The molecule has 0 radical (unpaired) electrons. The molecule has 0 unspecified atom stereocenters. The van der Waals surface area contributed by atoms with E-state index in [0.717, 1.165) is 7.11 Å². The number of aliphatic hydroxyl groups is 2. The van der Waals surface area contributed by atoms with E-state index in [-0.39, 0.29) is 14.0 Å². The van der Waals surface area contributed by atoms with Crippen LogP contribution >= 0.6 is 0 Å². The fraction of sp³-hybridized carbons (Fsp3) is 0.500. The molecule has 2 N–H and O–H groups in total. The Bertz CT molecular complexity index is 76.2. The first-order valence-electron chi connectivity index (χ1n) is 2.94. The van der Waals surface area contributed by atoms with Crippen molar-refractivity contribution in [2.75, 3.05) is 13.7 Å². The topological polar surface area (TPSA) is 53.6 Å². The van der Waals surface area contributed by atoms with Gasteiger partial charge in [-0.2, -0.15) is 0 Å². The molecule has 0 amide bonds. The number of rotatable bonds is 0. The van der Waals surface area contributed by atoms with E-state index in [2.05, 4.69) is 4.42 Å². The third kappa shape index (κ3) is 27.0. The average molecular weight is 162 g/mol. The van der Waals surface area contributed by atoms with Crippen molar-refractivity contribution < 1.29 is 14.6 Å². The molecule has 0 aliphatic rings. The second kappa shape index (κ2) is 22.9. The summed E-state index contributed by atoms with van der Waals surface area (Å²) in [7, 11) is 1.00. The van der Waals surface area contributed by atoms with Gasteiger partial charge < -0.3 is 14.6 Å². The molecule has 3 heteroatoms. The minimum Gasteiger partial charge on any atom is -0.473 e. The molecule has 0 fully saturated rings. The summed E-state index contributed by atoms with van der Waals surface area (Å²) < 4.78 is 4.58. The first-order valence-corrected chi connectivity index (χ1v) is 2.94. The van der Waals surface area contributed by atoms with Gasteiger partial charge in [0.15, 0.2) is 0 Å². The highest BCUT2D eigenvalue weighted by Gasteiger charge is 1.58. The lowest BCUT2D eigenvalue weighted by Crippen LogP contribution is -1.57. The number of aliphatic hydroxyl groups excluding tert-OH is 2. The molecule has 0 aliphatic heterocycles. The van der Waals surface area contributed by atoms with Crippen LogP contribution in [0.25, 0.3) is 0 Å². The van der Waals surface area contributed by atoms with Crippen LogP contribution in [0, 0.1) is 0 Å². The van der Waals surface area contributed by atoms with Crippen LogP contribution in [-0.4, -0.2) is 23.9 Å². The molecule has 0 atom stereocenters. The first kappa shape index (κ1) is 16.7. The lowest BCUT2D eigenvalue weighted by atomic mass is 10.7. The van der Waals surface area contributed by atoms with Crippen LogP contribution in [-0.2, 0) is 0 Å². The van der Waals surface area contributed by atoms with Gasteiger partial charge in [0.25, 0.3) is 0 Å². The summed E-state index contributed by atoms with van der Waals surface area (Å²) in [6.07, 6.45) is 3.25. The van der Waals surface area contributed by atoms with Crippen molar-refractivity contribution in [2.45, 2.75) is 14.4 Å². The highest BCUT2D eigenvalue weighted by Crippen LogP contribution is 1.79. The fourth-order valence-corrected chi connectivity index (χ4v) is 0.227. The average Bonchev–Trinajstić information content (AvgIpc) is 2.48. The van der Waals surface area contributed by atoms with Crippen LogP contribution < -0.4 is 0 Å². The van der Waals surface area contributed by atoms with Crippen LogP contribution in [0.2, 0.25) is 0 Å². The molecule has 11 heavy (non-hydrogen) atoms. The number of hydrogen-bond donors (Lipinski definition) is 2. The van der Waals surface area contributed by atoms with Crippen LogP contribution in [0.4, 0.5) is 0 Å². The Morgan fingerprint density at radius 2 is 1.45 bits per heavy atom. The summed E-state index contributed by atoms with van der Waals surface area (Å²) in [6, 6.07) is 3.67. The molecule has 1 aromatic heterocycles. The van der Waals surface area contributed by atoms with Crippen molar-refractivity contribution >= 4 is 0 Å². The Hall–Kier alpha value is -0.800. The summed E-state index contributed by atoms with van der Waals surface area (Å²) in [5.41, 5.74) is 0. The van der Waals surface area contributed by atoms with Gasteiger partial charge in [-0.1, -0.05) is 7.43 Å². The predicted molar refractivity (Wildman–Crippen MR) is 46.3 cm³/mol. The SMILES string of the molecule is C.CCO.CO.c1ccoc1. The maximum atomic E-state index is 7.57. The van der Waals surface area contributed by atoms with Gasteiger partial charge in [-0.3, -0.25) is 0 Å². The molecule has 3 nitrogen and oxygen atoms in total. The van der Waals surface area contributed by atoms with Crippen molar-refractivity contribution in [1.29, 1.82) is 0 Å². The normalized spacial score (nSPS) is 5.82. The van der Waals surface area contributed by atoms with E-state index >= 15 is 0 Å². The van der Waals surface area contributed by atoms with Gasteiger partial charge in [0.05, 0.1) is 12.5 Å². The first-order chi connectivity index (χ1) is 4.91. The molecule has 0 aromatic carbocycles.